The van der Waals surface area contributed by atoms with Crippen LogP contribution in [0.3, 0.4) is 0 Å². The third kappa shape index (κ3) is 5.03. The molecule has 0 saturated carbocycles. The highest BCUT2D eigenvalue weighted by Gasteiger charge is 2.18. The largest absolute Gasteiger partial charge is 0.369 e. The third-order valence-electron chi connectivity index (χ3n) is 4.49. The summed E-state index contributed by atoms with van der Waals surface area (Å²) >= 11 is 1.29. The number of anilines is 1. The molecule has 8 heteroatoms. The van der Waals surface area contributed by atoms with Crippen LogP contribution in [0, 0.1) is 12.7 Å². The van der Waals surface area contributed by atoms with Crippen molar-refractivity contribution in [3.63, 3.8) is 0 Å². The van der Waals surface area contributed by atoms with Gasteiger partial charge in [-0.1, -0.05) is 0 Å². The van der Waals surface area contributed by atoms with Gasteiger partial charge in [-0.15, -0.1) is 11.3 Å². The number of thiophene rings is 1. The van der Waals surface area contributed by atoms with Crippen LogP contribution in [0.25, 0.3) is 0 Å². The zero-order valence-corrected chi connectivity index (χ0v) is 16.5. The van der Waals surface area contributed by atoms with E-state index in [-0.39, 0.29) is 5.82 Å². The van der Waals surface area contributed by atoms with Crippen molar-refractivity contribution < 1.29 is 12.8 Å². The summed E-state index contributed by atoms with van der Waals surface area (Å²) in [6.45, 7) is 6.84. The first kappa shape index (κ1) is 19.3. The maximum absolute atomic E-state index is 13.0. The van der Waals surface area contributed by atoms with Crippen molar-refractivity contribution in [2.45, 2.75) is 17.6 Å². The molecule has 1 N–H and O–H groups in total. The molecule has 0 unspecified atom stereocenters. The molecule has 1 aromatic heterocycles. The van der Waals surface area contributed by atoms with Gasteiger partial charge in [-0.2, -0.15) is 0 Å². The van der Waals surface area contributed by atoms with Crippen LogP contribution in [0.15, 0.2) is 40.6 Å². The van der Waals surface area contributed by atoms with E-state index in [4.69, 9.17) is 0 Å². The Hall–Kier alpha value is -1.48. The summed E-state index contributed by atoms with van der Waals surface area (Å²) in [5, 5.41) is 0. The SMILES string of the molecule is Cc1ccc(S(=O)(=O)NCCCN2CCN(c3ccc(F)cc3)CC2)s1. The molecule has 0 radical (unpaired) electrons. The zero-order chi connectivity index (χ0) is 18.6. The Balaban J connectivity index is 1.38. The minimum absolute atomic E-state index is 0.215. The van der Waals surface area contributed by atoms with Crippen LogP contribution >= 0.6 is 11.3 Å². The Kier molecular flexibility index (Phi) is 6.29. The number of sulfonamides is 1. The highest BCUT2D eigenvalue weighted by Crippen LogP contribution is 2.20. The van der Waals surface area contributed by atoms with Crippen LogP contribution in [0.2, 0.25) is 0 Å². The van der Waals surface area contributed by atoms with Gasteiger partial charge < -0.3 is 4.90 Å². The van der Waals surface area contributed by atoms with E-state index in [1.165, 1.54) is 23.5 Å². The van der Waals surface area contributed by atoms with Crippen molar-refractivity contribution in [3.8, 4) is 0 Å². The second-order valence-electron chi connectivity index (χ2n) is 6.42. The van der Waals surface area contributed by atoms with E-state index in [0.29, 0.717) is 10.8 Å². The first-order chi connectivity index (χ1) is 12.4. The number of nitrogens with zero attached hydrogens (tertiary/aromatic N) is 2. The van der Waals surface area contributed by atoms with Gasteiger partial charge in [-0.3, -0.25) is 4.90 Å². The van der Waals surface area contributed by atoms with Crippen molar-refractivity contribution >= 4 is 27.0 Å². The van der Waals surface area contributed by atoms with E-state index < -0.39 is 10.0 Å². The molecule has 3 rings (SSSR count). The molecule has 1 aliphatic heterocycles. The summed E-state index contributed by atoms with van der Waals surface area (Å²) in [4.78, 5) is 5.57. The average Bonchev–Trinajstić information content (AvgIpc) is 3.07. The van der Waals surface area contributed by atoms with Crippen LogP contribution in [0.4, 0.5) is 10.1 Å². The maximum Gasteiger partial charge on any atom is 0.250 e. The monoisotopic (exact) mass is 397 g/mol. The molecule has 1 aromatic carbocycles. The lowest BCUT2D eigenvalue weighted by Crippen LogP contribution is -2.47. The molecular weight excluding hydrogens is 373 g/mol. The Bertz CT molecular complexity index is 813. The Labute approximate surface area is 158 Å². The molecule has 0 aliphatic carbocycles. The number of nitrogens with one attached hydrogen (secondary N) is 1. The van der Waals surface area contributed by atoms with E-state index in [0.717, 1.165) is 49.7 Å². The number of hydrogen-bond acceptors (Lipinski definition) is 5. The standard InChI is InChI=1S/C18H24FN3O2S2/c1-15-3-8-18(25-15)26(23,24)20-9-2-10-21-11-13-22(14-12-21)17-6-4-16(19)5-7-17/h3-8,20H,2,9-14H2,1H3. The summed E-state index contributed by atoms with van der Waals surface area (Å²) in [7, 11) is -3.38. The van der Waals surface area contributed by atoms with Gasteiger partial charge in [0.25, 0.3) is 0 Å². The van der Waals surface area contributed by atoms with Gasteiger partial charge >= 0.3 is 0 Å². The molecule has 0 bridgehead atoms. The van der Waals surface area contributed by atoms with Crippen molar-refractivity contribution in [1.29, 1.82) is 0 Å². The van der Waals surface area contributed by atoms with Crippen LogP contribution in [0.1, 0.15) is 11.3 Å². The van der Waals surface area contributed by atoms with Gasteiger partial charge in [-0.05, 0) is 56.3 Å². The van der Waals surface area contributed by atoms with E-state index >= 15 is 0 Å². The highest BCUT2D eigenvalue weighted by molar-refractivity contribution is 7.91. The Morgan fingerprint density at radius 1 is 1.08 bits per heavy atom. The lowest BCUT2D eigenvalue weighted by Gasteiger charge is -2.36. The Morgan fingerprint density at radius 3 is 2.38 bits per heavy atom. The summed E-state index contributed by atoms with van der Waals surface area (Å²) in [5.41, 5.74) is 1.05. The van der Waals surface area contributed by atoms with Gasteiger partial charge in [0.1, 0.15) is 10.0 Å². The molecule has 142 valence electrons. The zero-order valence-electron chi connectivity index (χ0n) is 14.8. The molecule has 26 heavy (non-hydrogen) atoms. The second kappa shape index (κ2) is 8.47. The normalized spacial score (nSPS) is 16.2. The molecule has 1 fully saturated rings. The average molecular weight is 398 g/mol. The van der Waals surface area contributed by atoms with E-state index in [1.807, 2.05) is 25.1 Å². The number of benzene rings is 1. The first-order valence-electron chi connectivity index (χ1n) is 8.73. The van der Waals surface area contributed by atoms with Crippen LogP contribution in [-0.2, 0) is 10.0 Å². The predicted molar refractivity (Wildman–Crippen MR) is 104 cm³/mol. The number of piperazine rings is 1. The topological polar surface area (TPSA) is 52.7 Å². The fourth-order valence-electron chi connectivity index (χ4n) is 3.02. The molecule has 0 spiro atoms. The molecule has 1 saturated heterocycles. The first-order valence-corrected chi connectivity index (χ1v) is 11.0. The van der Waals surface area contributed by atoms with E-state index in [1.54, 1.807) is 6.07 Å². The predicted octanol–water partition coefficient (Wildman–Crippen LogP) is 2.69. The summed E-state index contributed by atoms with van der Waals surface area (Å²) in [5.74, 6) is -0.215. The van der Waals surface area contributed by atoms with Crippen molar-refractivity contribution in [1.82, 2.24) is 9.62 Å². The van der Waals surface area contributed by atoms with E-state index in [2.05, 4.69) is 14.5 Å². The minimum Gasteiger partial charge on any atom is -0.369 e. The molecule has 2 heterocycles. The molecule has 1 aliphatic rings. The summed E-state index contributed by atoms with van der Waals surface area (Å²) in [6, 6.07) is 10.1. The minimum atomic E-state index is -3.38. The van der Waals surface area contributed by atoms with Gasteiger partial charge in [0.2, 0.25) is 10.0 Å². The molecule has 0 atom stereocenters. The molecule has 5 nitrogen and oxygen atoms in total. The van der Waals surface area contributed by atoms with Gasteiger partial charge in [0.15, 0.2) is 0 Å². The third-order valence-corrected chi connectivity index (χ3v) is 7.44. The van der Waals surface area contributed by atoms with Gasteiger partial charge in [0, 0.05) is 43.3 Å². The van der Waals surface area contributed by atoms with E-state index in [9.17, 15) is 12.8 Å². The van der Waals surface area contributed by atoms with Crippen LogP contribution in [0.5, 0.6) is 0 Å². The lowest BCUT2D eigenvalue weighted by atomic mass is 10.2. The van der Waals surface area contributed by atoms with Crippen molar-refractivity contribution in [3.05, 3.63) is 47.1 Å². The molecule has 0 amide bonds. The highest BCUT2D eigenvalue weighted by atomic mass is 32.2. The lowest BCUT2D eigenvalue weighted by molar-refractivity contribution is 0.255. The van der Waals surface area contributed by atoms with Gasteiger partial charge in [0.05, 0.1) is 0 Å². The number of hydrogen-bond donors (Lipinski definition) is 1. The molecule has 2 aromatic rings. The molecular formula is C18H24FN3O2S2. The second-order valence-corrected chi connectivity index (χ2v) is 9.70. The fraction of sp³-hybridized carbons (Fsp3) is 0.444. The number of rotatable bonds is 7. The fourth-order valence-corrected chi connectivity index (χ4v) is 5.42. The summed E-state index contributed by atoms with van der Waals surface area (Å²) < 4.78 is 40.4. The van der Waals surface area contributed by atoms with Crippen LogP contribution in [-0.4, -0.2) is 52.6 Å². The van der Waals surface area contributed by atoms with Gasteiger partial charge in [-0.25, -0.2) is 17.5 Å². The Morgan fingerprint density at radius 2 is 1.77 bits per heavy atom. The number of aryl methyl sites for hydroxylation is 1. The number of halogens is 1. The smallest absolute Gasteiger partial charge is 0.250 e. The maximum atomic E-state index is 13.0. The quantitative estimate of drug-likeness (QED) is 0.730. The van der Waals surface area contributed by atoms with Crippen LogP contribution < -0.4 is 9.62 Å². The van der Waals surface area contributed by atoms with Crippen molar-refractivity contribution in [2.24, 2.45) is 0 Å². The van der Waals surface area contributed by atoms with Crippen molar-refractivity contribution in [2.75, 3.05) is 44.2 Å². The summed E-state index contributed by atoms with van der Waals surface area (Å²) in [6.07, 6.45) is 0.778.